The molecule has 1 aromatic carbocycles. The third-order valence-electron chi connectivity index (χ3n) is 4.44. The van der Waals surface area contributed by atoms with Gasteiger partial charge < -0.3 is 10.2 Å². The Hall–Kier alpha value is -2.79. The average molecular weight is 409 g/mol. The van der Waals surface area contributed by atoms with E-state index < -0.39 is 20.8 Å². The van der Waals surface area contributed by atoms with Gasteiger partial charge in [-0.05, 0) is 18.2 Å². The lowest BCUT2D eigenvalue weighted by molar-refractivity contribution is -0.384. The van der Waals surface area contributed by atoms with Crippen LogP contribution < -0.4 is 10.2 Å². The van der Waals surface area contributed by atoms with Gasteiger partial charge in [-0.15, -0.1) is 0 Å². The largest absolute Gasteiger partial charge is 0.378 e. The molecule has 0 unspecified atom stereocenters. The van der Waals surface area contributed by atoms with Crippen LogP contribution in [-0.4, -0.2) is 61.1 Å². The quantitative estimate of drug-likeness (QED) is 0.547. The molecule has 1 aliphatic heterocycles. The highest BCUT2D eigenvalue weighted by Crippen LogP contribution is 2.24. The fourth-order valence-electron chi connectivity index (χ4n) is 2.99. The number of anilines is 2. The summed E-state index contributed by atoms with van der Waals surface area (Å²) in [5, 5.41) is 13.7. The molecule has 0 aliphatic carbocycles. The normalized spacial score (nSPS) is 15.4. The number of rotatable bonds is 7. The van der Waals surface area contributed by atoms with Gasteiger partial charge in [0.1, 0.15) is 17.3 Å². The van der Waals surface area contributed by atoms with Crippen molar-refractivity contribution in [2.45, 2.75) is 0 Å². The Bertz CT molecular complexity index is 934. The standard InChI is InChI=1S/C17H20FN5O4S/c18-14-4-5-16(23(24)25)15(13-14)19-7-12-28(26,27)22-10-8-21(9-11-22)17-3-1-2-6-20-17/h1-6,13,19H,7-12H2. The first-order chi connectivity index (χ1) is 13.4. The van der Waals surface area contributed by atoms with Gasteiger partial charge in [0, 0.05) is 51.1 Å². The van der Waals surface area contributed by atoms with Crippen molar-refractivity contribution >= 4 is 27.2 Å². The van der Waals surface area contributed by atoms with E-state index in [1.807, 2.05) is 23.1 Å². The number of hydrogen-bond donors (Lipinski definition) is 1. The molecule has 1 aromatic heterocycles. The van der Waals surface area contributed by atoms with Gasteiger partial charge in [-0.2, -0.15) is 4.31 Å². The van der Waals surface area contributed by atoms with Crippen molar-refractivity contribution < 1.29 is 17.7 Å². The van der Waals surface area contributed by atoms with Crippen LogP contribution in [0.4, 0.5) is 21.6 Å². The van der Waals surface area contributed by atoms with Gasteiger partial charge in [-0.3, -0.25) is 10.1 Å². The summed E-state index contributed by atoms with van der Waals surface area (Å²) in [5.41, 5.74) is -0.344. The van der Waals surface area contributed by atoms with Gasteiger partial charge in [-0.1, -0.05) is 6.07 Å². The zero-order valence-electron chi connectivity index (χ0n) is 15.0. The molecule has 150 valence electrons. The van der Waals surface area contributed by atoms with E-state index in [0.29, 0.717) is 26.2 Å². The molecule has 28 heavy (non-hydrogen) atoms. The van der Waals surface area contributed by atoms with Gasteiger partial charge in [0.25, 0.3) is 5.69 Å². The number of nitro groups is 1. The van der Waals surface area contributed by atoms with E-state index >= 15 is 0 Å². The van der Waals surface area contributed by atoms with Gasteiger partial charge in [0.05, 0.1) is 10.7 Å². The number of aromatic nitrogens is 1. The number of benzene rings is 1. The zero-order chi connectivity index (χ0) is 20.1. The Morgan fingerprint density at radius 2 is 1.93 bits per heavy atom. The molecule has 1 aliphatic rings. The molecular weight excluding hydrogens is 389 g/mol. The second-order valence-electron chi connectivity index (χ2n) is 6.24. The first kappa shape index (κ1) is 20.0. The number of nitrogens with zero attached hydrogens (tertiary/aromatic N) is 4. The first-order valence-electron chi connectivity index (χ1n) is 8.68. The average Bonchev–Trinajstić information content (AvgIpc) is 2.68. The molecule has 2 heterocycles. The van der Waals surface area contributed by atoms with E-state index in [4.69, 9.17) is 0 Å². The number of pyridine rings is 1. The van der Waals surface area contributed by atoms with E-state index in [0.717, 1.165) is 24.0 Å². The molecule has 1 fully saturated rings. The predicted octanol–water partition coefficient (Wildman–Crippen LogP) is 1.69. The van der Waals surface area contributed by atoms with Gasteiger partial charge in [-0.25, -0.2) is 17.8 Å². The summed E-state index contributed by atoms with van der Waals surface area (Å²) in [6.07, 6.45) is 1.69. The van der Waals surface area contributed by atoms with Crippen LogP contribution >= 0.6 is 0 Å². The van der Waals surface area contributed by atoms with E-state index in [9.17, 15) is 22.9 Å². The molecular formula is C17H20FN5O4S. The van der Waals surface area contributed by atoms with Crippen LogP contribution in [-0.2, 0) is 10.0 Å². The summed E-state index contributed by atoms with van der Waals surface area (Å²) >= 11 is 0. The Morgan fingerprint density at radius 3 is 2.57 bits per heavy atom. The topological polar surface area (TPSA) is 109 Å². The molecule has 9 nitrogen and oxygen atoms in total. The third kappa shape index (κ3) is 4.73. The smallest absolute Gasteiger partial charge is 0.292 e. The zero-order valence-corrected chi connectivity index (χ0v) is 15.8. The minimum Gasteiger partial charge on any atom is -0.378 e. The van der Waals surface area contributed by atoms with Gasteiger partial charge in [0.2, 0.25) is 10.0 Å². The number of nitro benzene ring substituents is 1. The molecule has 3 rings (SSSR count). The molecule has 1 saturated heterocycles. The van der Waals surface area contributed by atoms with E-state index in [2.05, 4.69) is 10.3 Å². The Kier molecular flexibility index (Phi) is 6.05. The maximum atomic E-state index is 13.3. The highest BCUT2D eigenvalue weighted by molar-refractivity contribution is 7.89. The third-order valence-corrected chi connectivity index (χ3v) is 6.31. The number of nitrogens with one attached hydrogen (secondary N) is 1. The molecule has 1 N–H and O–H groups in total. The summed E-state index contributed by atoms with van der Waals surface area (Å²) in [6.45, 7) is 1.66. The van der Waals surface area contributed by atoms with Crippen molar-refractivity contribution in [1.82, 2.24) is 9.29 Å². The van der Waals surface area contributed by atoms with Crippen LogP contribution in [0.15, 0.2) is 42.6 Å². The predicted molar refractivity (Wildman–Crippen MR) is 103 cm³/mol. The van der Waals surface area contributed by atoms with Crippen molar-refractivity contribution in [1.29, 1.82) is 0 Å². The number of sulfonamides is 1. The lowest BCUT2D eigenvalue weighted by Crippen LogP contribution is -2.50. The second kappa shape index (κ2) is 8.48. The lowest BCUT2D eigenvalue weighted by atomic mass is 10.2. The summed E-state index contributed by atoms with van der Waals surface area (Å²) in [7, 11) is -3.54. The molecule has 2 aromatic rings. The Labute approximate surface area is 162 Å². The summed E-state index contributed by atoms with van der Waals surface area (Å²) in [5.74, 6) is -0.0780. The minimum atomic E-state index is -3.54. The first-order valence-corrected chi connectivity index (χ1v) is 10.3. The molecule has 0 amide bonds. The molecule has 0 saturated carbocycles. The SMILES string of the molecule is O=[N+]([O-])c1ccc(F)cc1NCCS(=O)(=O)N1CCN(c2ccccn2)CC1. The van der Waals surface area contributed by atoms with E-state index in [-0.39, 0.29) is 23.7 Å². The monoisotopic (exact) mass is 409 g/mol. The van der Waals surface area contributed by atoms with Crippen molar-refractivity contribution in [2.75, 3.05) is 48.7 Å². The maximum absolute atomic E-state index is 13.3. The maximum Gasteiger partial charge on any atom is 0.292 e. The highest BCUT2D eigenvalue weighted by atomic mass is 32.2. The summed E-state index contributed by atoms with van der Waals surface area (Å²) in [4.78, 5) is 16.6. The Balaban J connectivity index is 1.55. The number of piperazine rings is 1. The summed E-state index contributed by atoms with van der Waals surface area (Å²) < 4.78 is 39.8. The van der Waals surface area contributed by atoms with Gasteiger partial charge in [0.15, 0.2) is 0 Å². The van der Waals surface area contributed by atoms with E-state index in [1.54, 1.807) is 6.20 Å². The molecule has 0 radical (unpaired) electrons. The number of hydrogen-bond acceptors (Lipinski definition) is 7. The van der Waals surface area contributed by atoms with Crippen LogP contribution in [0.1, 0.15) is 0 Å². The van der Waals surface area contributed by atoms with Crippen LogP contribution in [0.5, 0.6) is 0 Å². The molecule has 11 heteroatoms. The lowest BCUT2D eigenvalue weighted by Gasteiger charge is -2.34. The highest BCUT2D eigenvalue weighted by Gasteiger charge is 2.27. The fourth-order valence-corrected chi connectivity index (χ4v) is 4.33. The van der Waals surface area contributed by atoms with Crippen LogP contribution in [0.2, 0.25) is 0 Å². The number of halogens is 1. The van der Waals surface area contributed by atoms with Crippen LogP contribution in [0.3, 0.4) is 0 Å². The summed E-state index contributed by atoms with van der Waals surface area (Å²) in [6, 6.07) is 8.59. The minimum absolute atomic E-state index is 0.0415. The fraction of sp³-hybridized carbons (Fsp3) is 0.353. The van der Waals surface area contributed by atoms with Crippen molar-refractivity contribution in [3.8, 4) is 0 Å². The molecule has 0 bridgehead atoms. The Morgan fingerprint density at radius 1 is 1.18 bits per heavy atom. The van der Waals surface area contributed by atoms with Gasteiger partial charge >= 0.3 is 0 Å². The second-order valence-corrected chi connectivity index (χ2v) is 8.32. The molecule has 0 spiro atoms. The molecule has 0 atom stereocenters. The van der Waals surface area contributed by atoms with Crippen LogP contribution in [0, 0.1) is 15.9 Å². The van der Waals surface area contributed by atoms with E-state index in [1.165, 1.54) is 4.31 Å². The van der Waals surface area contributed by atoms with Crippen molar-refractivity contribution in [2.24, 2.45) is 0 Å². The van der Waals surface area contributed by atoms with Crippen molar-refractivity contribution in [3.63, 3.8) is 0 Å². The van der Waals surface area contributed by atoms with Crippen molar-refractivity contribution in [3.05, 3.63) is 58.5 Å². The van der Waals surface area contributed by atoms with Crippen LogP contribution in [0.25, 0.3) is 0 Å².